The molecular formula is C56H111NO5. The smallest absolute Gasteiger partial charge is 0.305 e. The molecule has 0 aromatic heterocycles. The van der Waals surface area contributed by atoms with E-state index in [2.05, 4.69) is 19.2 Å². The van der Waals surface area contributed by atoms with Gasteiger partial charge in [0.1, 0.15) is 0 Å². The summed E-state index contributed by atoms with van der Waals surface area (Å²) >= 11 is 0. The normalized spacial score (nSPS) is 12.5. The van der Waals surface area contributed by atoms with Gasteiger partial charge in [-0.3, -0.25) is 9.59 Å². The molecule has 6 nitrogen and oxygen atoms in total. The summed E-state index contributed by atoms with van der Waals surface area (Å²) in [7, 11) is 0. The summed E-state index contributed by atoms with van der Waals surface area (Å²) in [5.74, 6) is -0.0252. The molecule has 2 unspecified atom stereocenters. The lowest BCUT2D eigenvalue weighted by Gasteiger charge is -2.22. The Labute approximate surface area is 387 Å². The molecular weight excluding hydrogens is 767 g/mol. The van der Waals surface area contributed by atoms with Gasteiger partial charge in [0.25, 0.3) is 0 Å². The lowest BCUT2D eigenvalue weighted by molar-refractivity contribution is -0.143. The van der Waals surface area contributed by atoms with E-state index in [0.717, 1.165) is 38.5 Å². The van der Waals surface area contributed by atoms with Crippen molar-refractivity contribution in [3.8, 4) is 0 Å². The van der Waals surface area contributed by atoms with E-state index in [9.17, 15) is 19.8 Å². The highest BCUT2D eigenvalue weighted by atomic mass is 16.5. The standard InChI is InChI=1S/C56H111NO5/c1-3-5-7-9-11-13-14-15-16-20-24-27-30-34-38-42-46-50-56(61)62-51-47-43-39-35-31-28-25-22-19-17-18-21-23-26-29-33-37-41-45-49-55(60)57-53(52-58)54(59)48-44-40-36-32-12-10-8-6-4-2/h53-54,58-59H,3-52H2,1-2H3,(H,57,60). The van der Waals surface area contributed by atoms with Crippen molar-refractivity contribution >= 4 is 11.9 Å². The zero-order valence-corrected chi connectivity index (χ0v) is 42.1. The number of amides is 1. The Morgan fingerprint density at radius 2 is 0.661 bits per heavy atom. The zero-order chi connectivity index (χ0) is 45.1. The molecule has 0 aliphatic rings. The summed E-state index contributed by atoms with van der Waals surface area (Å²) < 4.78 is 5.49. The number of ether oxygens (including phenoxy) is 1. The third kappa shape index (κ3) is 48.3. The number of unbranched alkanes of at least 4 members (excludes halogenated alkanes) is 42. The molecule has 0 bridgehead atoms. The maximum atomic E-state index is 12.4. The van der Waals surface area contributed by atoms with E-state index in [4.69, 9.17) is 4.74 Å². The Morgan fingerprint density at radius 1 is 0.387 bits per heavy atom. The van der Waals surface area contributed by atoms with E-state index in [0.29, 0.717) is 25.9 Å². The van der Waals surface area contributed by atoms with Crippen LogP contribution in [0.3, 0.4) is 0 Å². The first-order valence-corrected chi connectivity index (χ1v) is 28.3. The first-order chi connectivity index (χ1) is 30.5. The Kier molecular flexibility index (Phi) is 51.5. The molecule has 0 fully saturated rings. The Hall–Kier alpha value is -1.14. The van der Waals surface area contributed by atoms with Crippen molar-refractivity contribution in [2.24, 2.45) is 0 Å². The second kappa shape index (κ2) is 52.5. The summed E-state index contributed by atoms with van der Waals surface area (Å²) in [6, 6.07) is -0.540. The van der Waals surface area contributed by atoms with Crippen LogP contribution in [0.25, 0.3) is 0 Å². The molecule has 0 aliphatic carbocycles. The molecule has 0 aliphatic heterocycles. The first kappa shape index (κ1) is 60.9. The molecule has 370 valence electrons. The van der Waals surface area contributed by atoms with E-state index in [1.165, 1.54) is 250 Å². The van der Waals surface area contributed by atoms with Crippen molar-refractivity contribution in [1.82, 2.24) is 5.32 Å². The fourth-order valence-corrected chi connectivity index (χ4v) is 9.05. The van der Waals surface area contributed by atoms with Crippen LogP contribution in [0.1, 0.15) is 322 Å². The van der Waals surface area contributed by atoms with E-state index in [1.807, 2.05) is 0 Å². The monoisotopic (exact) mass is 878 g/mol. The summed E-state index contributed by atoms with van der Waals surface area (Å²) in [6.07, 6.45) is 59.6. The number of carbonyl (C=O) groups excluding carboxylic acids is 2. The van der Waals surface area contributed by atoms with Gasteiger partial charge >= 0.3 is 5.97 Å². The van der Waals surface area contributed by atoms with E-state index in [1.54, 1.807) is 0 Å². The zero-order valence-electron chi connectivity index (χ0n) is 42.1. The van der Waals surface area contributed by atoms with Crippen LogP contribution in [0.5, 0.6) is 0 Å². The number of hydrogen-bond acceptors (Lipinski definition) is 5. The van der Waals surface area contributed by atoms with Gasteiger partial charge in [0.05, 0.1) is 25.4 Å². The molecule has 0 spiro atoms. The van der Waals surface area contributed by atoms with Crippen LogP contribution in [0.2, 0.25) is 0 Å². The Bertz CT molecular complexity index is 882. The van der Waals surface area contributed by atoms with E-state index >= 15 is 0 Å². The highest BCUT2D eigenvalue weighted by Gasteiger charge is 2.20. The number of aliphatic hydroxyl groups excluding tert-OH is 2. The first-order valence-electron chi connectivity index (χ1n) is 28.3. The molecule has 0 saturated carbocycles. The van der Waals surface area contributed by atoms with E-state index in [-0.39, 0.29) is 18.5 Å². The summed E-state index contributed by atoms with van der Waals surface area (Å²) in [5, 5.41) is 23.1. The predicted octanol–water partition coefficient (Wildman–Crippen LogP) is 17.1. The summed E-state index contributed by atoms with van der Waals surface area (Å²) in [6.45, 7) is 4.95. The molecule has 6 heteroatoms. The molecule has 0 radical (unpaired) electrons. The van der Waals surface area contributed by atoms with Gasteiger partial charge in [0, 0.05) is 12.8 Å². The topological polar surface area (TPSA) is 95.9 Å². The molecule has 0 aromatic rings. The van der Waals surface area contributed by atoms with Crippen LogP contribution in [0, 0.1) is 0 Å². The average molecular weight is 879 g/mol. The lowest BCUT2D eigenvalue weighted by Crippen LogP contribution is -2.45. The summed E-state index contributed by atoms with van der Waals surface area (Å²) in [4.78, 5) is 24.5. The SMILES string of the molecule is CCCCCCCCCCCCCCCCCCCC(=O)OCCCCCCCCCCCCCCCCCCCCCC(=O)NC(CO)C(O)CCCCCCCCCCC. The Morgan fingerprint density at radius 3 is 0.984 bits per heavy atom. The third-order valence-electron chi connectivity index (χ3n) is 13.4. The Balaban J connectivity index is 3.33. The number of esters is 1. The fourth-order valence-electron chi connectivity index (χ4n) is 9.05. The van der Waals surface area contributed by atoms with Crippen LogP contribution in [-0.4, -0.2) is 47.4 Å². The maximum absolute atomic E-state index is 12.4. The largest absolute Gasteiger partial charge is 0.466 e. The minimum atomic E-state index is -0.662. The van der Waals surface area contributed by atoms with Crippen molar-refractivity contribution < 1.29 is 24.5 Å². The number of aliphatic hydroxyl groups is 2. The maximum Gasteiger partial charge on any atom is 0.305 e. The second-order valence-electron chi connectivity index (χ2n) is 19.6. The van der Waals surface area contributed by atoms with Crippen LogP contribution in [0.4, 0.5) is 0 Å². The van der Waals surface area contributed by atoms with Crippen LogP contribution < -0.4 is 5.32 Å². The van der Waals surface area contributed by atoms with Gasteiger partial charge in [-0.05, 0) is 25.7 Å². The van der Waals surface area contributed by atoms with Crippen LogP contribution in [-0.2, 0) is 14.3 Å². The molecule has 3 N–H and O–H groups in total. The molecule has 0 saturated heterocycles. The fraction of sp³-hybridized carbons (Fsp3) is 0.964. The van der Waals surface area contributed by atoms with Crippen molar-refractivity contribution in [3.05, 3.63) is 0 Å². The number of hydrogen-bond donors (Lipinski definition) is 3. The van der Waals surface area contributed by atoms with Crippen molar-refractivity contribution in [1.29, 1.82) is 0 Å². The van der Waals surface area contributed by atoms with Gasteiger partial charge in [-0.25, -0.2) is 0 Å². The average Bonchev–Trinajstić information content (AvgIpc) is 3.27. The van der Waals surface area contributed by atoms with Gasteiger partial charge in [-0.15, -0.1) is 0 Å². The summed E-state index contributed by atoms with van der Waals surface area (Å²) in [5.41, 5.74) is 0. The van der Waals surface area contributed by atoms with Gasteiger partial charge in [0.15, 0.2) is 0 Å². The number of carbonyl (C=O) groups is 2. The van der Waals surface area contributed by atoms with E-state index < -0.39 is 12.1 Å². The second-order valence-corrected chi connectivity index (χ2v) is 19.6. The third-order valence-corrected chi connectivity index (χ3v) is 13.4. The quantitative estimate of drug-likeness (QED) is 0.0418. The van der Waals surface area contributed by atoms with Crippen molar-refractivity contribution in [2.75, 3.05) is 13.2 Å². The van der Waals surface area contributed by atoms with Gasteiger partial charge in [0.2, 0.25) is 5.91 Å². The minimum Gasteiger partial charge on any atom is -0.466 e. The molecule has 62 heavy (non-hydrogen) atoms. The number of nitrogens with one attached hydrogen (secondary N) is 1. The highest BCUT2D eigenvalue weighted by Crippen LogP contribution is 2.18. The lowest BCUT2D eigenvalue weighted by atomic mass is 10.0. The van der Waals surface area contributed by atoms with Crippen molar-refractivity contribution in [2.45, 2.75) is 334 Å². The van der Waals surface area contributed by atoms with Crippen LogP contribution in [0.15, 0.2) is 0 Å². The molecule has 0 rings (SSSR count). The minimum absolute atomic E-state index is 0.0135. The molecule has 1 amide bonds. The van der Waals surface area contributed by atoms with Gasteiger partial charge in [-0.1, -0.05) is 284 Å². The molecule has 0 heterocycles. The van der Waals surface area contributed by atoms with Crippen molar-refractivity contribution in [3.63, 3.8) is 0 Å². The van der Waals surface area contributed by atoms with Gasteiger partial charge in [-0.2, -0.15) is 0 Å². The predicted molar refractivity (Wildman–Crippen MR) is 269 cm³/mol. The van der Waals surface area contributed by atoms with Gasteiger partial charge < -0.3 is 20.3 Å². The number of rotatable bonds is 53. The van der Waals surface area contributed by atoms with Crippen LogP contribution >= 0.6 is 0 Å². The molecule has 2 atom stereocenters. The highest BCUT2D eigenvalue weighted by molar-refractivity contribution is 5.76. The molecule has 0 aromatic carbocycles.